The third-order valence-corrected chi connectivity index (χ3v) is 2.10. The topological polar surface area (TPSA) is 88.0 Å². The number of carbonyl (C=O) groups is 2. The zero-order chi connectivity index (χ0) is 13.5. The molecule has 0 saturated carbocycles. The number of hydrogen-bond acceptors (Lipinski definition) is 5. The Balaban J connectivity index is 2.65. The number of nitrogens with zero attached hydrogens (tertiary/aromatic N) is 1. The van der Waals surface area contributed by atoms with Gasteiger partial charge in [-0.1, -0.05) is 11.6 Å². The SMILES string of the molecule is CCOC(=O)C(Cl)=NNc1ccc(C(=O)O)cc1. The number of esters is 1. The number of nitrogens with one attached hydrogen (secondary N) is 1. The van der Waals surface area contributed by atoms with Crippen LogP contribution in [0.25, 0.3) is 0 Å². The van der Waals surface area contributed by atoms with Crippen molar-refractivity contribution in [3.8, 4) is 0 Å². The average molecular weight is 271 g/mol. The van der Waals surface area contributed by atoms with Crippen molar-refractivity contribution in [3.63, 3.8) is 0 Å². The number of carboxylic acid groups (broad SMARTS) is 1. The van der Waals surface area contributed by atoms with Crippen LogP contribution in [0.5, 0.6) is 0 Å². The standard InChI is InChI=1S/C11H11ClN2O4/c1-2-18-11(17)9(12)14-13-8-5-3-7(4-6-8)10(15)16/h3-6,13H,2H2,1H3,(H,15,16). The maximum absolute atomic E-state index is 11.1. The molecule has 0 saturated heterocycles. The van der Waals surface area contributed by atoms with E-state index in [9.17, 15) is 9.59 Å². The first kappa shape index (κ1) is 14.0. The van der Waals surface area contributed by atoms with Crippen LogP contribution in [0.4, 0.5) is 5.69 Å². The first-order chi connectivity index (χ1) is 8.54. The highest BCUT2D eigenvalue weighted by atomic mass is 35.5. The molecule has 2 N–H and O–H groups in total. The largest absolute Gasteiger partial charge is 0.478 e. The van der Waals surface area contributed by atoms with Gasteiger partial charge in [0.25, 0.3) is 0 Å². The first-order valence-electron chi connectivity index (χ1n) is 5.04. The van der Waals surface area contributed by atoms with Crippen LogP contribution in [-0.2, 0) is 9.53 Å². The summed E-state index contributed by atoms with van der Waals surface area (Å²) >= 11 is 5.56. The third kappa shape index (κ3) is 4.06. The predicted molar refractivity (Wildman–Crippen MR) is 66.9 cm³/mol. The maximum atomic E-state index is 11.1. The summed E-state index contributed by atoms with van der Waals surface area (Å²) in [5.74, 6) is -1.75. The molecule has 0 aliphatic heterocycles. The average Bonchev–Trinajstić information content (AvgIpc) is 2.36. The van der Waals surface area contributed by atoms with Crippen molar-refractivity contribution in [2.45, 2.75) is 6.92 Å². The van der Waals surface area contributed by atoms with E-state index in [4.69, 9.17) is 16.7 Å². The number of halogens is 1. The van der Waals surface area contributed by atoms with Crippen LogP contribution in [0.15, 0.2) is 29.4 Å². The molecular formula is C11H11ClN2O4. The number of benzene rings is 1. The Morgan fingerprint density at radius 1 is 1.39 bits per heavy atom. The Hall–Kier alpha value is -2.08. The predicted octanol–water partition coefficient (Wildman–Crippen LogP) is 1.91. The number of hydrazone groups is 1. The van der Waals surface area contributed by atoms with E-state index in [0.29, 0.717) is 5.69 Å². The smallest absolute Gasteiger partial charge is 0.370 e. The number of carboxylic acids is 1. The van der Waals surface area contributed by atoms with Gasteiger partial charge in [0.15, 0.2) is 0 Å². The zero-order valence-electron chi connectivity index (χ0n) is 9.51. The van der Waals surface area contributed by atoms with Crippen molar-refractivity contribution < 1.29 is 19.4 Å². The lowest BCUT2D eigenvalue weighted by molar-refractivity contribution is -0.134. The lowest BCUT2D eigenvalue weighted by atomic mass is 10.2. The fourth-order valence-electron chi connectivity index (χ4n) is 1.04. The Labute approximate surface area is 108 Å². The van der Waals surface area contributed by atoms with Crippen LogP contribution in [-0.4, -0.2) is 28.8 Å². The van der Waals surface area contributed by atoms with E-state index in [0.717, 1.165) is 0 Å². The molecule has 0 spiro atoms. The molecule has 0 heterocycles. The highest BCUT2D eigenvalue weighted by Crippen LogP contribution is 2.09. The number of rotatable bonds is 5. The Bertz CT molecular complexity index is 470. The van der Waals surface area contributed by atoms with Gasteiger partial charge in [-0.3, -0.25) is 5.43 Å². The van der Waals surface area contributed by atoms with E-state index >= 15 is 0 Å². The second-order valence-corrected chi connectivity index (χ2v) is 3.48. The molecule has 1 aromatic rings. The van der Waals surface area contributed by atoms with Gasteiger partial charge in [0.1, 0.15) is 0 Å². The lowest BCUT2D eigenvalue weighted by Crippen LogP contribution is -2.13. The van der Waals surface area contributed by atoms with Crippen molar-refractivity contribution in [1.29, 1.82) is 0 Å². The molecule has 0 radical (unpaired) electrons. The number of hydrogen-bond donors (Lipinski definition) is 2. The Kier molecular flexibility index (Phi) is 5.13. The van der Waals surface area contributed by atoms with Gasteiger partial charge in [0.05, 0.1) is 17.9 Å². The molecule has 0 atom stereocenters. The second-order valence-electron chi connectivity index (χ2n) is 3.12. The minimum Gasteiger partial charge on any atom is -0.478 e. The quantitative estimate of drug-likeness (QED) is 0.485. The summed E-state index contributed by atoms with van der Waals surface area (Å²) < 4.78 is 4.62. The van der Waals surface area contributed by atoms with Crippen LogP contribution >= 0.6 is 11.6 Å². The number of aromatic carboxylic acids is 1. The molecule has 0 bridgehead atoms. The van der Waals surface area contributed by atoms with E-state index in [1.165, 1.54) is 24.3 Å². The summed E-state index contributed by atoms with van der Waals surface area (Å²) in [6.45, 7) is 1.86. The van der Waals surface area contributed by atoms with Gasteiger partial charge < -0.3 is 9.84 Å². The third-order valence-electron chi connectivity index (χ3n) is 1.86. The molecular weight excluding hydrogens is 260 g/mol. The van der Waals surface area contributed by atoms with Crippen molar-refractivity contribution in [3.05, 3.63) is 29.8 Å². The van der Waals surface area contributed by atoms with Crippen molar-refractivity contribution in [2.75, 3.05) is 12.0 Å². The minimum atomic E-state index is -1.02. The fourth-order valence-corrected chi connectivity index (χ4v) is 1.13. The summed E-state index contributed by atoms with van der Waals surface area (Å²) in [5.41, 5.74) is 3.17. The number of anilines is 1. The number of ether oxygens (including phenoxy) is 1. The lowest BCUT2D eigenvalue weighted by Gasteiger charge is -2.02. The van der Waals surface area contributed by atoms with Gasteiger partial charge >= 0.3 is 11.9 Å². The zero-order valence-corrected chi connectivity index (χ0v) is 10.3. The highest BCUT2D eigenvalue weighted by Gasteiger charge is 2.08. The minimum absolute atomic E-state index is 0.154. The Morgan fingerprint density at radius 2 is 2.00 bits per heavy atom. The molecule has 0 unspecified atom stereocenters. The molecule has 18 heavy (non-hydrogen) atoms. The molecule has 1 aromatic carbocycles. The first-order valence-corrected chi connectivity index (χ1v) is 5.42. The molecule has 0 aliphatic rings. The van der Waals surface area contributed by atoms with Crippen LogP contribution in [0.1, 0.15) is 17.3 Å². The Morgan fingerprint density at radius 3 is 2.50 bits per heavy atom. The van der Waals surface area contributed by atoms with E-state index in [1.807, 2.05) is 0 Å². The molecule has 0 aromatic heterocycles. The van der Waals surface area contributed by atoms with E-state index in [1.54, 1.807) is 6.92 Å². The maximum Gasteiger partial charge on any atom is 0.370 e. The van der Waals surface area contributed by atoms with Crippen LogP contribution in [0.2, 0.25) is 0 Å². The monoisotopic (exact) mass is 270 g/mol. The van der Waals surface area contributed by atoms with Gasteiger partial charge in [-0.2, -0.15) is 5.10 Å². The number of carbonyl (C=O) groups excluding carboxylic acids is 1. The summed E-state index contributed by atoms with van der Waals surface area (Å²) in [7, 11) is 0. The van der Waals surface area contributed by atoms with E-state index < -0.39 is 11.9 Å². The van der Waals surface area contributed by atoms with Crippen molar-refractivity contribution in [1.82, 2.24) is 0 Å². The molecule has 0 fully saturated rings. The second kappa shape index (κ2) is 6.61. The van der Waals surface area contributed by atoms with Crippen LogP contribution < -0.4 is 5.43 Å². The molecule has 6 nitrogen and oxygen atoms in total. The molecule has 96 valence electrons. The molecule has 0 aliphatic carbocycles. The van der Waals surface area contributed by atoms with E-state index in [2.05, 4.69) is 15.3 Å². The summed E-state index contributed by atoms with van der Waals surface area (Å²) in [6.07, 6.45) is 0. The van der Waals surface area contributed by atoms with Crippen LogP contribution in [0.3, 0.4) is 0 Å². The van der Waals surface area contributed by atoms with Gasteiger partial charge in [-0.15, -0.1) is 0 Å². The summed E-state index contributed by atoms with van der Waals surface area (Å²) in [4.78, 5) is 21.7. The normalized spacial score (nSPS) is 10.9. The van der Waals surface area contributed by atoms with Gasteiger partial charge in [0.2, 0.25) is 5.17 Å². The van der Waals surface area contributed by atoms with Gasteiger partial charge in [0, 0.05) is 0 Å². The molecule has 1 rings (SSSR count). The van der Waals surface area contributed by atoms with Crippen molar-refractivity contribution in [2.24, 2.45) is 5.10 Å². The summed E-state index contributed by atoms with van der Waals surface area (Å²) in [5, 5.41) is 12.0. The highest BCUT2D eigenvalue weighted by molar-refractivity contribution is 6.82. The summed E-state index contributed by atoms with van der Waals surface area (Å²) in [6, 6.07) is 5.81. The van der Waals surface area contributed by atoms with Crippen LogP contribution in [0, 0.1) is 0 Å². The fraction of sp³-hybridized carbons (Fsp3) is 0.182. The van der Waals surface area contributed by atoms with Gasteiger partial charge in [-0.05, 0) is 31.2 Å². The van der Waals surface area contributed by atoms with E-state index in [-0.39, 0.29) is 17.3 Å². The van der Waals surface area contributed by atoms with Crippen molar-refractivity contribution >= 4 is 34.4 Å². The van der Waals surface area contributed by atoms with Gasteiger partial charge in [-0.25, -0.2) is 9.59 Å². The molecule has 7 heteroatoms. The molecule has 0 amide bonds.